The highest BCUT2D eigenvalue weighted by atomic mass is 16.6. The van der Waals surface area contributed by atoms with E-state index in [1.54, 1.807) is 4.90 Å². The largest absolute Gasteiger partial charge is 0.458 e. The van der Waals surface area contributed by atoms with Crippen LogP contribution in [0.4, 0.5) is 0 Å². The van der Waals surface area contributed by atoms with E-state index in [1.165, 1.54) is 0 Å². The van der Waals surface area contributed by atoms with Gasteiger partial charge in [0.25, 0.3) is 0 Å². The highest BCUT2D eigenvalue weighted by Gasteiger charge is 2.39. The fraction of sp³-hybridized carbons (Fsp3) is 0.867. The molecule has 0 N–H and O–H groups in total. The lowest BCUT2D eigenvalue weighted by atomic mass is 9.98. The van der Waals surface area contributed by atoms with Gasteiger partial charge in [-0.1, -0.05) is 0 Å². The van der Waals surface area contributed by atoms with Gasteiger partial charge in [-0.3, -0.25) is 4.79 Å². The molecule has 0 saturated carbocycles. The molecule has 5 heteroatoms. The predicted octanol–water partition coefficient (Wildman–Crippen LogP) is 1.75. The zero-order chi connectivity index (χ0) is 14.8. The molecule has 1 amide bonds. The van der Waals surface area contributed by atoms with Crippen molar-refractivity contribution in [2.45, 2.75) is 58.1 Å². The predicted molar refractivity (Wildman–Crippen MR) is 74.1 cm³/mol. The van der Waals surface area contributed by atoms with Crippen LogP contribution in [0.2, 0.25) is 0 Å². The van der Waals surface area contributed by atoms with E-state index in [1.807, 2.05) is 20.8 Å². The average molecular weight is 283 g/mol. The van der Waals surface area contributed by atoms with Crippen LogP contribution in [0.5, 0.6) is 0 Å². The maximum absolute atomic E-state index is 12.5. The third-order valence-electron chi connectivity index (χ3n) is 3.79. The first-order valence-electron chi connectivity index (χ1n) is 7.49. The molecule has 0 radical (unpaired) electrons. The van der Waals surface area contributed by atoms with E-state index in [0.717, 1.165) is 19.3 Å². The number of nitrogens with zero attached hydrogens (tertiary/aromatic N) is 1. The van der Waals surface area contributed by atoms with Crippen LogP contribution in [-0.2, 0) is 19.1 Å². The van der Waals surface area contributed by atoms with Crippen molar-refractivity contribution in [2.24, 2.45) is 5.92 Å². The van der Waals surface area contributed by atoms with E-state index in [0.29, 0.717) is 26.2 Å². The van der Waals surface area contributed by atoms with Gasteiger partial charge in [-0.25, -0.2) is 4.79 Å². The highest BCUT2D eigenvalue weighted by Crippen LogP contribution is 2.26. The van der Waals surface area contributed by atoms with Crippen LogP contribution in [0.25, 0.3) is 0 Å². The van der Waals surface area contributed by atoms with Gasteiger partial charge in [-0.05, 0) is 46.5 Å². The standard InChI is InChI=1S/C15H25NO4/c1-15(2,3)20-14(18)12-5-4-8-16(12)13(17)11-6-9-19-10-7-11/h11-12H,4-10H2,1-3H3/t12-/m0/s1. The molecular formula is C15H25NO4. The molecule has 0 aromatic rings. The Morgan fingerprint density at radius 1 is 1.15 bits per heavy atom. The molecule has 2 aliphatic heterocycles. The van der Waals surface area contributed by atoms with Gasteiger partial charge >= 0.3 is 5.97 Å². The maximum Gasteiger partial charge on any atom is 0.329 e. The monoisotopic (exact) mass is 283 g/mol. The molecule has 20 heavy (non-hydrogen) atoms. The van der Waals surface area contributed by atoms with Gasteiger partial charge in [-0.15, -0.1) is 0 Å². The van der Waals surface area contributed by atoms with Crippen LogP contribution < -0.4 is 0 Å². The molecule has 0 aromatic heterocycles. The Bertz CT molecular complexity index is 369. The van der Waals surface area contributed by atoms with Crippen LogP contribution in [-0.4, -0.2) is 48.2 Å². The van der Waals surface area contributed by atoms with E-state index in [-0.39, 0.29) is 17.8 Å². The summed E-state index contributed by atoms with van der Waals surface area (Å²) in [7, 11) is 0. The van der Waals surface area contributed by atoms with Gasteiger partial charge in [0.2, 0.25) is 5.91 Å². The van der Waals surface area contributed by atoms with Crippen molar-refractivity contribution in [1.29, 1.82) is 0 Å². The number of likely N-dealkylation sites (tertiary alicyclic amines) is 1. The van der Waals surface area contributed by atoms with Gasteiger partial charge < -0.3 is 14.4 Å². The molecule has 2 saturated heterocycles. The summed E-state index contributed by atoms with van der Waals surface area (Å²) in [5.74, 6) is -0.163. The van der Waals surface area contributed by atoms with Gasteiger partial charge in [0.1, 0.15) is 11.6 Å². The van der Waals surface area contributed by atoms with Crippen molar-refractivity contribution in [3.63, 3.8) is 0 Å². The minimum atomic E-state index is -0.507. The fourth-order valence-electron chi connectivity index (χ4n) is 2.82. The lowest BCUT2D eigenvalue weighted by Crippen LogP contribution is -2.46. The summed E-state index contributed by atoms with van der Waals surface area (Å²) in [6.45, 7) is 7.50. The first-order chi connectivity index (χ1) is 9.38. The Labute approximate surface area is 120 Å². The van der Waals surface area contributed by atoms with Crippen LogP contribution >= 0.6 is 0 Å². The van der Waals surface area contributed by atoms with Crippen molar-refractivity contribution in [2.75, 3.05) is 19.8 Å². The summed E-state index contributed by atoms with van der Waals surface area (Å²) in [6, 6.07) is -0.399. The summed E-state index contributed by atoms with van der Waals surface area (Å²) in [5.41, 5.74) is -0.507. The summed E-state index contributed by atoms with van der Waals surface area (Å²) < 4.78 is 10.7. The second kappa shape index (κ2) is 6.12. The third-order valence-corrected chi connectivity index (χ3v) is 3.79. The number of amides is 1. The summed E-state index contributed by atoms with van der Waals surface area (Å²) in [5, 5.41) is 0. The van der Waals surface area contributed by atoms with Gasteiger partial charge in [0.15, 0.2) is 0 Å². The first-order valence-corrected chi connectivity index (χ1v) is 7.49. The molecule has 0 unspecified atom stereocenters. The summed E-state index contributed by atoms with van der Waals surface area (Å²) in [6.07, 6.45) is 3.11. The van der Waals surface area contributed by atoms with Crippen molar-refractivity contribution < 1.29 is 19.1 Å². The van der Waals surface area contributed by atoms with E-state index >= 15 is 0 Å². The summed E-state index contributed by atoms with van der Waals surface area (Å²) >= 11 is 0. The average Bonchev–Trinajstić information content (AvgIpc) is 2.86. The molecule has 2 rings (SSSR count). The lowest BCUT2D eigenvalue weighted by Gasteiger charge is -2.31. The number of rotatable bonds is 2. The van der Waals surface area contributed by atoms with Crippen molar-refractivity contribution in [3.8, 4) is 0 Å². The molecule has 5 nitrogen and oxygen atoms in total. The Morgan fingerprint density at radius 2 is 1.80 bits per heavy atom. The normalized spacial score (nSPS) is 24.8. The van der Waals surface area contributed by atoms with Crippen LogP contribution in [0, 0.1) is 5.92 Å². The van der Waals surface area contributed by atoms with E-state index in [9.17, 15) is 9.59 Å². The topological polar surface area (TPSA) is 55.8 Å². The molecule has 2 fully saturated rings. The zero-order valence-electron chi connectivity index (χ0n) is 12.7. The van der Waals surface area contributed by atoms with Crippen LogP contribution in [0.3, 0.4) is 0 Å². The maximum atomic E-state index is 12.5. The number of hydrogen-bond acceptors (Lipinski definition) is 4. The second-order valence-electron chi connectivity index (χ2n) is 6.61. The smallest absolute Gasteiger partial charge is 0.329 e. The molecule has 0 aliphatic carbocycles. The molecule has 2 aliphatic rings. The second-order valence-corrected chi connectivity index (χ2v) is 6.61. The minimum Gasteiger partial charge on any atom is -0.458 e. The molecule has 1 atom stereocenters. The number of ether oxygens (including phenoxy) is 2. The van der Waals surface area contributed by atoms with Crippen molar-refractivity contribution in [3.05, 3.63) is 0 Å². The number of esters is 1. The Balaban J connectivity index is 1.99. The number of carbonyl (C=O) groups is 2. The Hall–Kier alpha value is -1.10. The highest BCUT2D eigenvalue weighted by molar-refractivity contribution is 5.86. The summed E-state index contributed by atoms with van der Waals surface area (Å²) in [4.78, 5) is 26.5. The molecule has 114 valence electrons. The zero-order valence-corrected chi connectivity index (χ0v) is 12.7. The molecule has 0 aromatic carbocycles. The number of carbonyl (C=O) groups excluding carboxylic acids is 2. The van der Waals surface area contributed by atoms with E-state index in [4.69, 9.17) is 9.47 Å². The van der Waals surface area contributed by atoms with Gasteiger partial charge in [-0.2, -0.15) is 0 Å². The molecule has 0 spiro atoms. The van der Waals surface area contributed by atoms with Gasteiger partial charge in [0, 0.05) is 25.7 Å². The molecule has 0 bridgehead atoms. The van der Waals surface area contributed by atoms with Crippen LogP contribution in [0.1, 0.15) is 46.5 Å². The lowest BCUT2D eigenvalue weighted by molar-refractivity contribution is -0.164. The van der Waals surface area contributed by atoms with Gasteiger partial charge in [0.05, 0.1) is 0 Å². The third kappa shape index (κ3) is 3.72. The van der Waals surface area contributed by atoms with Crippen LogP contribution in [0.15, 0.2) is 0 Å². The van der Waals surface area contributed by atoms with E-state index in [2.05, 4.69) is 0 Å². The number of hydrogen-bond donors (Lipinski definition) is 0. The molecule has 2 heterocycles. The van der Waals surface area contributed by atoms with Crippen molar-refractivity contribution >= 4 is 11.9 Å². The van der Waals surface area contributed by atoms with E-state index < -0.39 is 11.6 Å². The Morgan fingerprint density at radius 3 is 2.40 bits per heavy atom. The SMILES string of the molecule is CC(C)(C)OC(=O)[C@@H]1CCCN1C(=O)C1CCOCC1. The molecular weight excluding hydrogens is 258 g/mol. The van der Waals surface area contributed by atoms with Crippen molar-refractivity contribution in [1.82, 2.24) is 4.90 Å². The minimum absolute atomic E-state index is 0.00628. The Kier molecular flexibility index (Phi) is 4.68. The fourth-order valence-corrected chi connectivity index (χ4v) is 2.82. The quantitative estimate of drug-likeness (QED) is 0.724. The first kappa shape index (κ1) is 15.3.